The molecule has 3 nitrogen and oxygen atoms in total. The number of benzene rings is 1. The maximum Gasteiger partial charge on any atom is 0.0544 e. The highest BCUT2D eigenvalue weighted by Crippen LogP contribution is 2.24. The zero-order chi connectivity index (χ0) is 14.8. The summed E-state index contributed by atoms with van der Waals surface area (Å²) >= 11 is 0. The molecule has 0 atom stereocenters. The van der Waals surface area contributed by atoms with Crippen molar-refractivity contribution >= 4 is 10.9 Å². The van der Waals surface area contributed by atoms with E-state index in [4.69, 9.17) is 0 Å². The van der Waals surface area contributed by atoms with Gasteiger partial charge in [-0.1, -0.05) is 24.3 Å². The molecule has 108 valence electrons. The Labute approximate surface area is 125 Å². The molecule has 0 aliphatic carbocycles. The number of aryl methyl sites for hydroxylation is 3. The van der Waals surface area contributed by atoms with E-state index >= 15 is 0 Å². The van der Waals surface area contributed by atoms with Gasteiger partial charge in [-0.25, -0.2) is 0 Å². The van der Waals surface area contributed by atoms with Gasteiger partial charge in [0, 0.05) is 42.4 Å². The lowest BCUT2D eigenvalue weighted by molar-refractivity contribution is 0.645. The SMILES string of the molecule is Cc1cccc(CNCc2c(C)c3ccccc3n2C)n1. The van der Waals surface area contributed by atoms with E-state index in [2.05, 4.69) is 65.2 Å². The van der Waals surface area contributed by atoms with Crippen molar-refractivity contribution in [3.05, 3.63) is 65.1 Å². The predicted molar refractivity (Wildman–Crippen MR) is 87.2 cm³/mol. The van der Waals surface area contributed by atoms with Gasteiger partial charge in [0.25, 0.3) is 0 Å². The summed E-state index contributed by atoms with van der Waals surface area (Å²) in [6.07, 6.45) is 0. The zero-order valence-electron chi connectivity index (χ0n) is 12.9. The first kappa shape index (κ1) is 13.8. The first-order valence-corrected chi connectivity index (χ1v) is 7.33. The quantitative estimate of drug-likeness (QED) is 0.792. The van der Waals surface area contributed by atoms with Crippen LogP contribution in [0.3, 0.4) is 0 Å². The fraction of sp³-hybridized carbons (Fsp3) is 0.278. The van der Waals surface area contributed by atoms with E-state index in [-0.39, 0.29) is 0 Å². The summed E-state index contributed by atoms with van der Waals surface area (Å²) in [4.78, 5) is 4.52. The van der Waals surface area contributed by atoms with Crippen LogP contribution < -0.4 is 5.32 Å². The molecule has 2 heterocycles. The topological polar surface area (TPSA) is 29.9 Å². The molecule has 0 saturated heterocycles. The van der Waals surface area contributed by atoms with Gasteiger partial charge in [0.05, 0.1) is 5.69 Å². The van der Waals surface area contributed by atoms with Crippen LogP contribution in [0.25, 0.3) is 10.9 Å². The van der Waals surface area contributed by atoms with Crippen molar-refractivity contribution < 1.29 is 0 Å². The van der Waals surface area contributed by atoms with Crippen LogP contribution in [0.15, 0.2) is 42.5 Å². The number of aromatic nitrogens is 2. The number of rotatable bonds is 4. The van der Waals surface area contributed by atoms with Crippen molar-refractivity contribution in [1.29, 1.82) is 0 Å². The molecule has 21 heavy (non-hydrogen) atoms. The molecular formula is C18H21N3. The van der Waals surface area contributed by atoms with Gasteiger partial charge in [-0.2, -0.15) is 0 Å². The van der Waals surface area contributed by atoms with E-state index in [1.54, 1.807) is 0 Å². The van der Waals surface area contributed by atoms with E-state index in [1.165, 1.54) is 22.2 Å². The average molecular weight is 279 g/mol. The van der Waals surface area contributed by atoms with E-state index < -0.39 is 0 Å². The molecule has 1 N–H and O–H groups in total. The molecule has 0 aliphatic rings. The van der Waals surface area contributed by atoms with Crippen molar-refractivity contribution in [3.63, 3.8) is 0 Å². The third kappa shape index (κ3) is 2.69. The van der Waals surface area contributed by atoms with Crippen molar-refractivity contribution in [2.75, 3.05) is 0 Å². The van der Waals surface area contributed by atoms with Gasteiger partial charge in [0.2, 0.25) is 0 Å². The minimum absolute atomic E-state index is 0.794. The number of pyridine rings is 1. The molecule has 0 radical (unpaired) electrons. The van der Waals surface area contributed by atoms with Gasteiger partial charge in [-0.15, -0.1) is 0 Å². The van der Waals surface area contributed by atoms with Crippen LogP contribution in [0.4, 0.5) is 0 Å². The summed E-state index contributed by atoms with van der Waals surface area (Å²) in [5, 5.41) is 4.84. The minimum atomic E-state index is 0.794. The second kappa shape index (κ2) is 5.70. The molecule has 3 heteroatoms. The van der Waals surface area contributed by atoms with Gasteiger partial charge < -0.3 is 9.88 Å². The molecule has 1 aromatic carbocycles. The molecule has 0 saturated carbocycles. The lowest BCUT2D eigenvalue weighted by atomic mass is 10.1. The Kier molecular flexibility index (Phi) is 3.76. The molecule has 0 fully saturated rings. The first-order chi connectivity index (χ1) is 10.2. The maximum atomic E-state index is 4.52. The molecule has 0 spiro atoms. The lowest BCUT2D eigenvalue weighted by Gasteiger charge is -2.08. The van der Waals surface area contributed by atoms with Crippen molar-refractivity contribution in [3.8, 4) is 0 Å². The average Bonchev–Trinajstić information content (AvgIpc) is 2.73. The molecule has 0 unspecified atom stereocenters. The summed E-state index contributed by atoms with van der Waals surface area (Å²) in [7, 11) is 2.14. The van der Waals surface area contributed by atoms with Crippen LogP contribution in [0.2, 0.25) is 0 Å². The van der Waals surface area contributed by atoms with Crippen LogP contribution >= 0.6 is 0 Å². The van der Waals surface area contributed by atoms with E-state index in [9.17, 15) is 0 Å². The van der Waals surface area contributed by atoms with Gasteiger partial charge in [0.1, 0.15) is 0 Å². The number of hydrogen-bond acceptors (Lipinski definition) is 2. The highest BCUT2D eigenvalue weighted by Gasteiger charge is 2.10. The molecule has 0 aliphatic heterocycles. The van der Waals surface area contributed by atoms with Gasteiger partial charge in [-0.05, 0) is 37.6 Å². The number of para-hydroxylation sites is 1. The number of hydrogen-bond donors (Lipinski definition) is 1. The Bertz CT molecular complexity index is 732. The smallest absolute Gasteiger partial charge is 0.0544 e. The lowest BCUT2D eigenvalue weighted by Crippen LogP contribution is -2.16. The normalized spacial score (nSPS) is 11.2. The second-order valence-electron chi connectivity index (χ2n) is 5.52. The minimum Gasteiger partial charge on any atom is -0.346 e. The van der Waals surface area contributed by atoms with Crippen LogP contribution in [-0.2, 0) is 20.1 Å². The molecule has 0 amide bonds. The van der Waals surface area contributed by atoms with E-state index in [0.717, 1.165) is 24.5 Å². The summed E-state index contributed by atoms with van der Waals surface area (Å²) in [5.74, 6) is 0. The molecule has 3 aromatic rings. The number of fused-ring (bicyclic) bond motifs is 1. The third-order valence-corrected chi connectivity index (χ3v) is 4.05. The standard InChI is InChI=1S/C18H21N3/c1-13-7-6-8-15(20-13)11-19-12-18-14(2)16-9-4-5-10-17(16)21(18)3/h4-10,19H,11-12H2,1-3H3. The van der Waals surface area contributed by atoms with Crippen LogP contribution in [0.5, 0.6) is 0 Å². The molecular weight excluding hydrogens is 258 g/mol. The Morgan fingerprint density at radius 1 is 1.00 bits per heavy atom. The third-order valence-electron chi connectivity index (χ3n) is 4.05. The van der Waals surface area contributed by atoms with Crippen molar-refractivity contribution in [1.82, 2.24) is 14.9 Å². The van der Waals surface area contributed by atoms with E-state index in [0.29, 0.717) is 0 Å². The van der Waals surface area contributed by atoms with E-state index in [1.807, 2.05) is 13.0 Å². The van der Waals surface area contributed by atoms with Gasteiger partial charge in [0.15, 0.2) is 0 Å². The summed E-state index contributed by atoms with van der Waals surface area (Å²) in [6, 6.07) is 14.7. The maximum absolute atomic E-state index is 4.52. The van der Waals surface area contributed by atoms with Crippen LogP contribution in [-0.4, -0.2) is 9.55 Å². The fourth-order valence-corrected chi connectivity index (χ4v) is 2.89. The summed E-state index contributed by atoms with van der Waals surface area (Å²) < 4.78 is 2.28. The zero-order valence-corrected chi connectivity index (χ0v) is 12.9. The predicted octanol–water partition coefficient (Wildman–Crippen LogP) is 3.48. The van der Waals surface area contributed by atoms with Gasteiger partial charge >= 0.3 is 0 Å². The molecule has 3 rings (SSSR count). The monoisotopic (exact) mass is 279 g/mol. The largest absolute Gasteiger partial charge is 0.346 e. The van der Waals surface area contributed by atoms with Crippen molar-refractivity contribution in [2.45, 2.75) is 26.9 Å². The Morgan fingerprint density at radius 3 is 2.57 bits per heavy atom. The second-order valence-corrected chi connectivity index (χ2v) is 5.52. The van der Waals surface area contributed by atoms with Gasteiger partial charge in [-0.3, -0.25) is 4.98 Å². The fourth-order valence-electron chi connectivity index (χ4n) is 2.89. The Morgan fingerprint density at radius 2 is 1.81 bits per heavy atom. The van der Waals surface area contributed by atoms with Crippen LogP contribution in [0.1, 0.15) is 22.6 Å². The Hall–Kier alpha value is -2.13. The Balaban J connectivity index is 1.76. The number of nitrogens with one attached hydrogen (secondary N) is 1. The first-order valence-electron chi connectivity index (χ1n) is 7.33. The molecule has 0 bridgehead atoms. The molecule has 2 aromatic heterocycles. The summed E-state index contributed by atoms with van der Waals surface area (Å²) in [5.41, 5.74) is 6.14. The highest BCUT2D eigenvalue weighted by atomic mass is 15.0. The number of nitrogens with zero attached hydrogens (tertiary/aromatic N) is 2. The van der Waals surface area contributed by atoms with Crippen LogP contribution in [0, 0.1) is 13.8 Å². The highest BCUT2D eigenvalue weighted by molar-refractivity contribution is 5.85. The summed E-state index contributed by atoms with van der Waals surface area (Å²) in [6.45, 7) is 5.87. The van der Waals surface area contributed by atoms with Crippen molar-refractivity contribution in [2.24, 2.45) is 7.05 Å².